The molecule has 0 bridgehead atoms. The van der Waals surface area contributed by atoms with Gasteiger partial charge in [-0.05, 0) is 42.5 Å². The molecule has 0 aliphatic rings. The van der Waals surface area contributed by atoms with Gasteiger partial charge in [-0.15, -0.1) is 0 Å². The number of halogens is 4. The molecule has 1 N–H and O–H groups in total. The average molecular weight is 368 g/mol. The Labute approximate surface area is 135 Å². The number of nitrogens with one attached hydrogen (secondary N) is 1. The second-order valence-corrected chi connectivity index (χ2v) is 6.58. The molecule has 0 amide bonds. The number of sulfonamides is 1. The zero-order valence-electron chi connectivity index (χ0n) is 10.8. The van der Waals surface area contributed by atoms with Gasteiger partial charge in [0, 0.05) is 10.7 Å². The average Bonchev–Trinajstić information content (AvgIpc) is 2.43. The predicted octanol–water partition coefficient (Wildman–Crippen LogP) is 4.40. The fourth-order valence-electron chi connectivity index (χ4n) is 1.60. The van der Waals surface area contributed by atoms with E-state index in [0.717, 1.165) is 0 Å². The lowest BCUT2D eigenvalue weighted by Crippen LogP contribution is -2.13. The van der Waals surface area contributed by atoms with Crippen molar-refractivity contribution in [2.75, 3.05) is 4.72 Å². The molecule has 0 atom stereocenters. The molecule has 0 spiro atoms. The van der Waals surface area contributed by atoms with Crippen LogP contribution in [-0.2, 0) is 10.0 Å². The summed E-state index contributed by atoms with van der Waals surface area (Å²) in [5.41, 5.74) is 0.164. The Morgan fingerprint density at radius 1 is 1.05 bits per heavy atom. The molecule has 0 saturated heterocycles. The highest BCUT2D eigenvalue weighted by Crippen LogP contribution is 2.27. The number of alkyl halides is 2. The molecule has 0 aliphatic heterocycles. The number of anilines is 1. The van der Waals surface area contributed by atoms with E-state index in [1.807, 2.05) is 0 Å². The zero-order chi connectivity index (χ0) is 16.3. The highest BCUT2D eigenvalue weighted by atomic mass is 35.5. The molecule has 4 nitrogen and oxygen atoms in total. The molecule has 118 valence electrons. The summed E-state index contributed by atoms with van der Waals surface area (Å²) in [4.78, 5) is -0.186. The van der Waals surface area contributed by atoms with E-state index in [-0.39, 0.29) is 26.4 Å². The number of benzene rings is 2. The van der Waals surface area contributed by atoms with E-state index in [1.165, 1.54) is 42.5 Å². The Morgan fingerprint density at radius 3 is 2.27 bits per heavy atom. The van der Waals surface area contributed by atoms with Crippen molar-refractivity contribution in [3.05, 3.63) is 52.5 Å². The summed E-state index contributed by atoms with van der Waals surface area (Å²) in [6.07, 6.45) is 0. The third-order valence-corrected chi connectivity index (χ3v) is 4.61. The van der Waals surface area contributed by atoms with E-state index >= 15 is 0 Å². The van der Waals surface area contributed by atoms with Gasteiger partial charge in [-0.2, -0.15) is 8.78 Å². The predicted molar refractivity (Wildman–Crippen MR) is 80.3 cm³/mol. The van der Waals surface area contributed by atoms with Crippen LogP contribution in [0.5, 0.6) is 5.75 Å². The smallest absolute Gasteiger partial charge is 0.387 e. The molecule has 2 aromatic rings. The lowest BCUT2D eigenvalue weighted by molar-refractivity contribution is -0.0498. The molecule has 9 heteroatoms. The van der Waals surface area contributed by atoms with Gasteiger partial charge in [-0.1, -0.05) is 23.2 Å². The normalized spacial score (nSPS) is 11.5. The van der Waals surface area contributed by atoms with Crippen molar-refractivity contribution in [3.8, 4) is 5.75 Å². The van der Waals surface area contributed by atoms with Crippen molar-refractivity contribution in [2.45, 2.75) is 11.5 Å². The summed E-state index contributed by atoms with van der Waals surface area (Å²) in [6.45, 7) is -2.95. The molecule has 0 aromatic heterocycles. The SMILES string of the molecule is O=S(=O)(Nc1ccc(OC(F)F)cc1)c1cc(Cl)ccc1Cl. The standard InChI is InChI=1S/C13H9Cl2F2NO3S/c14-8-1-6-11(15)12(7-8)22(19,20)18-9-2-4-10(5-3-9)21-13(16)17/h1-7,13,18H. The third kappa shape index (κ3) is 4.22. The van der Waals surface area contributed by atoms with Gasteiger partial charge in [0.15, 0.2) is 0 Å². The molecule has 2 aromatic carbocycles. The van der Waals surface area contributed by atoms with Crippen LogP contribution in [0.25, 0.3) is 0 Å². The van der Waals surface area contributed by atoms with E-state index < -0.39 is 16.6 Å². The van der Waals surface area contributed by atoms with E-state index in [0.29, 0.717) is 0 Å². The van der Waals surface area contributed by atoms with Crippen molar-refractivity contribution >= 4 is 38.9 Å². The van der Waals surface area contributed by atoms with Gasteiger partial charge in [0.2, 0.25) is 0 Å². The molecule has 0 heterocycles. The molecule has 0 fully saturated rings. The Bertz CT molecular complexity index is 767. The van der Waals surface area contributed by atoms with Gasteiger partial charge in [-0.3, -0.25) is 4.72 Å². The minimum Gasteiger partial charge on any atom is -0.435 e. The Kier molecular flexibility index (Phi) is 5.10. The van der Waals surface area contributed by atoms with E-state index in [9.17, 15) is 17.2 Å². The van der Waals surface area contributed by atoms with Gasteiger partial charge < -0.3 is 4.74 Å². The fraction of sp³-hybridized carbons (Fsp3) is 0.0769. The topological polar surface area (TPSA) is 55.4 Å². The number of rotatable bonds is 5. The first kappa shape index (κ1) is 16.8. The van der Waals surface area contributed by atoms with Crippen LogP contribution in [-0.4, -0.2) is 15.0 Å². The van der Waals surface area contributed by atoms with Crippen LogP contribution in [0, 0.1) is 0 Å². The molecule has 0 radical (unpaired) electrons. The van der Waals surface area contributed by atoms with Gasteiger partial charge in [0.25, 0.3) is 10.0 Å². The maximum absolute atomic E-state index is 12.2. The molecule has 0 aliphatic carbocycles. The van der Waals surface area contributed by atoms with Crippen molar-refractivity contribution in [1.29, 1.82) is 0 Å². The third-order valence-electron chi connectivity index (χ3n) is 2.51. The number of hydrogen-bond acceptors (Lipinski definition) is 3. The van der Waals surface area contributed by atoms with Crippen LogP contribution in [0.15, 0.2) is 47.4 Å². The van der Waals surface area contributed by atoms with E-state index in [1.54, 1.807) is 0 Å². The maximum Gasteiger partial charge on any atom is 0.387 e. The highest BCUT2D eigenvalue weighted by molar-refractivity contribution is 7.92. The summed E-state index contributed by atoms with van der Waals surface area (Å²) in [7, 11) is -3.96. The number of ether oxygens (including phenoxy) is 1. The van der Waals surface area contributed by atoms with Crippen LogP contribution >= 0.6 is 23.2 Å². The fourth-order valence-corrected chi connectivity index (χ4v) is 3.42. The van der Waals surface area contributed by atoms with Crippen molar-refractivity contribution in [3.63, 3.8) is 0 Å². The highest BCUT2D eigenvalue weighted by Gasteiger charge is 2.18. The molecule has 22 heavy (non-hydrogen) atoms. The molecule has 0 saturated carbocycles. The van der Waals surface area contributed by atoms with Crippen molar-refractivity contribution < 1.29 is 21.9 Å². The van der Waals surface area contributed by atoms with Crippen molar-refractivity contribution in [1.82, 2.24) is 0 Å². The van der Waals surface area contributed by atoms with Crippen molar-refractivity contribution in [2.24, 2.45) is 0 Å². The Hall–Kier alpha value is -1.57. The minimum atomic E-state index is -3.96. The zero-order valence-corrected chi connectivity index (χ0v) is 13.1. The number of hydrogen-bond donors (Lipinski definition) is 1. The van der Waals surface area contributed by atoms with Gasteiger partial charge in [0.05, 0.1) is 5.02 Å². The van der Waals surface area contributed by atoms with Crippen LogP contribution < -0.4 is 9.46 Å². The quantitative estimate of drug-likeness (QED) is 0.852. The first-order chi connectivity index (χ1) is 10.3. The summed E-state index contributed by atoms with van der Waals surface area (Å²) in [6, 6.07) is 9.02. The summed E-state index contributed by atoms with van der Waals surface area (Å²) in [5, 5.41) is 0.222. The minimum absolute atomic E-state index is 0.00885. The first-order valence-electron chi connectivity index (χ1n) is 5.81. The first-order valence-corrected chi connectivity index (χ1v) is 8.04. The second kappa shape index (κ2) is 6.68. The van der Waals surface area contributed by atoms with Crippen LogP contribution in [0.3, 0.4) is 0 Å². The molecule has 0 unspecified atom stereocenters. The summed E-state index contributed by atoms with van der Waals surface area (Å²) < 4.78 is 55.0. The lowest BCUT2D eigenvalue weighted by atomic mass is 10.3. The summed E-state index contributed by atoms with van der Waals surface area (Å²) in [5.74, 6) is -0.0845. The van der Waals surface area contributed by atoms with Gasteiger partial charge in [0.1, 0.15) is 10.6 Å². The molecular weight excluding hydrogens is 359 g/mol. The second-order valence-electron chi connectivity index (χ2n) is 4.08. The lowest BCUT2D eigenvalue weighted by Gasteiger charge is -2.10. The largest absolute Gasteiger partial charge is 0.435 e. The summed E-state index contributed by atoms with van der Waals surface area (Å²) >= 11 is 11.6. The van der Waals surface area contributed by atoms with E-state index in [4.69, 9.17) is 23.2 Å². The monoisotopic (exact) mass is 367 g/mol. The Balaban J connectivity index is 2.23. The van der Waals surface area contributed by atoms with Crippen LogP contribution in [0.4, 0.5) is 14.5 Å². The molecule has 2 rings (SSSR count). The Morgan fingerprint density at radius 2 is 1.68 bits per heavy atom. The molecular formula is C13H9Cl2F2NO3S. The van der Waals surface area contributed by atoms with Gasteiger partial charge in [-0.25, -0.2) is 8.42 Å². The van der Waals surface area contributed by atoms with E-state index in [2.05, 4.69) is 9.46 Å². The van der Waals surface area contributed by atoms with Crippen LogP contribution in [0.1, 0.15) is 0 Å². The maximum atomic E-state index is 12.2. The van der Waals surface area contributed by atoms with Crippen LogP contribution in [0.2, 0.25) is 10.0 Å². The van der Waals surface area contributed by atoms with Gasteiger partial charge >= 0.3 is 6.61 Å².